The predicted molar refractivity (Wildman–Crippen MR) is 111 cm³/mol. The molecule has 1 saturated heterocycles. The fourth-order valence-corrected chi connectivity index (χ4v) is 3.08. The number of anilines is 1. The van der Waals surface area contributed by atoms with Crippen molar-refractivity contribution >= 4 is 23.7 Å². The fourth-order valence-electron chi connectivity index (χ4n) is 3.08. The second kappa shape index (κ2) is 8.49. The first kappa shape index (κ1) is 20.6. The van der Waals surface area contributed by atoms with Gasteiger partial charge in [0, 0.05) is 31.8 Å². The van der Waals surface area contributed by atoms with Gasteiger partial charge in [0.15, 0.2) is 5.60 Å². The first-order valence-corrected chi connectivity index (χ1v) is 9.38. The van der Waals surface area contributed by atoms with E-state index in [2.05, 4.69) is 0 Å². The minimum atomic E-state index is -1.26. The van der Waals surface area contributed by atoms with Gasteiger partial charge in [-0.05, 0) is 42.8 Å². The van der Waals surface area contributed by atoms with Crippen LogP contribution in [0, 0.1) is 6.92 Å². The SMILES string of the molecule is Cc1ccc(C(=O)OCC2(CO)C/C(=C/c3ccc(N(C)C)cc3)C(=O)O2)cc1. The van der Waals surface area contributed by atoms with Crippen molar-refractivity contribution in [1.29, 1.82) is 0 Å². The van der Waals surface area contributed by atoms with Gasteiger partial charge in [0.05, 0.1) is 12.2 Å². The molecule has 1 N–H and O–H groups in total. The highest BCUT2D eigenvalue weighted by Crippen LogP contribution is 2.32. The molecule has 1 heterocycles. The van der Waals surface area contributed by atoms with Crippen LogP contribution in [0.1, 0.15) is 27.9 Å². The van der Waals surface area contributed by atoms with Crippen LogP contribution < -0.4 is 4.90 Å². The predicted octanol–water partition coefficient (Wildman–Crippen LogP) is 2.98. The molecule has 1 aliphatic rings. The minimum Gasteiger partial charge on any atom is -0.458 e. The lowest BCUT2D eigenvalue weighted by Crippen LogP contribution is -2.39. The minimum absolute atomic E-state index is 0.166. The number of hydrogen-bond donors (Lipinski definition) is 1. The number of ether oxygens (including phenoxy) is 2. The highest BCUT2D eigenvalue weighted by atomic mass is 16.6. The Morgan fingerprint density at radius 2 is 1.83 bits per heavy atom. The first-order chi connectivity index (χ1) is 13.8. The van der Waals surface area contributed by atoms with Gasteiger partial charge in [0.2, 0.25) is 0 Å². The van der Waals surface area contributed by atoms with Crippen molar-refractivity contribution in [3.8, 4) is 0 Å². The van der Waals surface area contributed by atoms with Crippen LogP contribution in [0.25, 0.3) is 6.08 Å². The van der Waals surface area contributed by atoms with E-state index in [1.54, 1.807) is 18.2 Å². The van der Waals surface area contributed by atoms with E-state index in [0.717, 1.165) is 16.8 Å². The number of cyclic esters (lactones) is 1. The molecule has 29 heavy (non-hydrogen) atoms. The lowest BCUT2D eigenvalue weighted by molar-refractivity contribution is -0.154. The first-order valence-electron chi connectivity index (χ1n) is 9.38. The average Bonchev–Trinajstić information content (AvgIpc) is 3.03. The number of aryl methyl sites for hydroxylation is 1. The number of rotatable bonds is 6. The zero-order valence-corrected chi connectivity index (χ0v) is 16.8. The largest absolute Gasteiger partial charge is 0.458 e. The Kier molecular flexibility index (Phi) is 6.03. The summed E-state index contributed by atoms with van der Waals surface area (Å²) in [6.07, 6.45) is 1.90. The van der Waals surface area contributed by atoms with Crippen LogP contribution in [-0.4, -0.2) is 50.0 Å². The number of aliphatic hydroxyl groups excluding tert-OH is 1. The van der Waals surface area contributed by atoms with Gasteiger partial charge in [-0.3, -0.25) is 0 Å². The van der Waals surface area contributed by atoms with Crippen LogP contribution in [0.4, 0.5) is 5.69 Å². The number of carbonyl (C=O) groups is 2. The highest BCUT2D eigenvalue weighted by Gasteiger charge is 2.44. The average molecular weight is 395 g/mol. The fraction of sp³-hybridized carbons (Fsp3) is 0.304. The van der Waals surface area contributed by atoms with Crippen LogP contribution in [0.2, 0.25) is 0 Å². The molecule has 1 atom stereocenters. The molecule has 0 spiro atoms. The van der Waals surface area contributed by atoms with Gasteiger partial charge in [-0.25, -0.2) is 9.59 Å². The van der Waals surface area contributed by atoms with Gasteiger partial charge in [-0.1, -0.05) is 29.8 Å². The molecule has 0 aliphatic carbocycles. The highest BCUT2D eigenvalue weighted by molar-refractivity contribution is 5.96. The molecule has 1 unspecified atom stereocenters. The van der Waals surface area contributed by atoms with Crippen LogP contribution >= 0.6 is 0 Å². The van der Waals surface area contributed by atoms with Gasteiger partial charge >= 0.3 is 11.9 Å². The van der Waals surface area contributed by atoms with Gasteiger partial charge in [-0.2, -0.15) is 0 Å². The second-order valence-corrected chi connectivity index (χ2v) is 7.51. The molecule has 6 nitrogen and oxygen atoms in total. The third-order valence-corrected chi connectivity index (χ3v) is 4.88. The summed E-state index contributed by atoms with van der Waals surface area (Å²) < 4.78 is 10.7. The van der Waals surface area contributed by atoms with Crippen molar-refractivity contribution < 1.29 is 24.2 Å². The Bertz CT molecular complexity index is 915. The van der Waals surface area contributed by atoms with Gasteiger partial charge in [0.25, 0.3) is 0 Å². The van der Waals surface area contributed by atoms with Crippen LogP contribution in [0.15, 0.2) is 54.1 Å². The zero-order chi connectivity index (χ0) is 21.0. The third kappa shape index (κ3) is 4.84. The Morgan fingerprint density at radius 1 is 1.17 bits per heavy atom. The van der Waals surface area contributed by atoms with Crippen LogP contribution in [0.3, 0.4) is 0 Å². The molecular formula is C23H25NO5. The molecule has 2 aromatic carbocycles. The molecule has 0 aromatic heterocycles. The van der Waals surface area contributed by atoms with Crippen molar-refractivity contribution in [1.82, 2.24) is 0 Å². The smallest absolute Gasteiger partial charge is 0.338 e. The molecule has 152 valence electrons. The standard InChI is InChI=1S/C23H25NO5/c1-16-4-8-18(9-5-16)21(26)28-15-23(14-25)13-19(22(27)29-23)12-17-6-10-20(11-7-17)24(2)3/h4-12,25H,13-15H2,1-3H3/b19-12-. The summed E-state index contributed by atoms with van der Waals surface area (Å²) in [7, 11) is 3.91. The van der Waals surface area contributed by atoms with Crippen molar-refractivity contribution in [2.45, 2.75) is 18.9 Å². The van der Waals surface area contributed by atoms with Crippen molar-refractivity contribution in [2.24, 2.45) is 0 Å². The summed E-state index contributed by atoms with van der Waals surface area (Å²) in [5.74, 6) is -1.03. The van der Waals surface area contributed by atoms with E-state index < -0.39 is 24.1 Å². The summed E-state index contributed by atoms with van der Waals surface area (Å²) in [6.45, 7) is 1.28. The Hall–Kier alpha value is -3.12. The molecule has 0 amide bonds. The molecule has 1 aliphatic heterocycles. The van der Waals surface area contributed by atoms with E-state index in [0.29, 0.717) is 11.1 Å². The maximum Gasteiger partial charge on any atom is 0.338 e. The third-order valence-electron chi connectivity index (χ3n) is 4.88. The molecule has 0 radical (unpaired) electrons. The van der Waals surface area contributed by atoms with E-state index in [1.165, 1.54) is 0 Å². The number of benzene rings is 2. The molecule has 6 heteroatoms. The Balaban J connectivity index is 1.69. The Labute approximate surface area is 170 Å². The van der Waals surface area contributed by atoms with Crippen LogP contribution in [-0.2, 0) is 14.3 Å². The normalized spacial score (nSPS) is 19.9. The summed E-state index contributed by atoms with van der Waals surface area (Å²) in [4.78, 5) is 26.6. The summed E-state index contributed by atoms with van der Waals surface area (Å²) in [5, 5.41) is 9.83. The molecule has 2 aromatic rings. The molecular weight excluding hydrogens is 370 g/mol. The summed E-state index contributed by atoms with van der Waals surface area (Å²) >= 11 is 0. The number of nitrogens with zero attached hydrogens (tertiary/aromatic N) is 1. The van der Waals surface area contributed by atoms with Crippen LogP contribution in [0.5, 0.6) is 0 Å². The number of carbonyl (C=O) groups excluding carboxylic acids is 2. The maximum absolute atomic E-state index is 12.3. The summed E-state index contributed by atoms with van der Waals surface area (Å²) in [5.41, 5.74) is 2.52. The molecule has 1 fully saturated rings. The van der Waals surface area contributed by atoms with Gasteiger partial charge in [-0.15, -0.1) is 0 Å². The summed E-state index contributed by atoms with van der Waals surface area (Å²) in [6, 6.07) is 14.7. The van der Waals surface area contributed by atoms with E-state index >= 15 is 0 Å². The van der Waals surface area contributed by atoms with Crippen molar-refractivity contribution in [2.75, 3.05) is 32.2 Å². The molecule has 3 rings (SSSR count). The van der Waals surface area contributed by atoms with Crippen molar-refractivity contribution in [3.63, 3.8) is 0 Å². The lowest BCUT2D eigenvalue weighted by Gasteiger charge is -2.24. The number of esters is 2. The number of hydrogen-bond acceptors (Lipinski definition) is 6. The van der Waals surface area contributed by atoms with E-state index in [-0.39, 0.29) is 13.0 Å². The van der Waals surface area contributed by atoms with E-state index in [4.69, 9.17) is 9.47 Å². The monoisotopic (exact) mass is 395 g/mol. The molecule has 0 bridgehead atoms. The zero-order valence-electron chi connectivity index (χ0n) is 16.8. The topological polar surface area (TPSA) is 76.1 Å². The van der Waals surface area contributed by atoms with Gasteiger partial charge in [0.1, 0.15) is 6.61 Å². The molecule has 0 saturated carbocycles. The second-order valence-electron chi connectivity index (χ2n) is 7.51. The van der Waals surface area contributed by atoms with Crippen molar-refractivity contribution in [3.05, 3.63) is 70.8 Å². The Morgan fingerprint density at radius 3 is 2.41 bits per heavy atom. The number of aliphatic hydroxyl groups is 1. The van der Waals surface area contributed by atoms with Gasteiger partial charge < -0.3 is 19.5 Å². The lowest BCUT2D eigenvalue weighted by atomic mass is 9.98. The van der Waals surface area contributed by atoms with E-state index in [1.807, 2.05) is 62.3 Å². The quantitative estimate of drug-likeness (QED) is 0.599. The van der Waals surface area contributed by atoms with E-state index in [9.17, 15) is 14.7 Å². The maximum atomic E-state index is 12.3.